The first-order valence-corrected chi connectivity index (χ1v) is 13.6. The summed E-state index contributed by atoms with van der Waals surface area (Å²) in [4.78, 5) is 28.1. The SMILES string of the molecule is CCS(=O)(=O)N(CC(=O)N(Cc1ccccc1)[C@@H](C)C(=O)NC(C)(C)C)c1ccc2c(c1)OCCO2. The Kier molecular flexibility index (Phi) is 8.50. The third-order valence-electron chi connectivity index (χ3n) is 5.65. The summed E-state index contributed by atoms with van der Waals surface area (Å²) in [6.45, 7) is 9.19. The summed E-state index contributed by atoms with van der Waals surface area (Å²) in [5, 5.41) is 2.91. The molecule has 1 heterocycles. The summed E-state index contributed by atoms with van der Waals surface area (Å²) >= 11 is 0. The molecule has 0 fully saturated rings. The number of fused-ring (bicyclic) bond motifs is 1. The first kappa shape index (κ1) is 27.3. The molecule has 0 bridgehead atoms. The predicted molar refractivity (Wildman–Crippen MR) is 139 cm³/mol. The molecule has 0 saturated heterocycles. The zero-order valence-electron chi connectivity index (χ0n) is 21.5. The largest absolute Gasteiger partial charge is 0.486 e. The van der Waals surface area contributed by atoms with Crippen LogP contribution in [0, 0.1) is 0 Å². The van der Waals surface area contributed by atoms with Crippen LogP contribution in [0.15, 0.2) is 48.5 Å². The fourth-order valence-corrected chi connectivity index (χ4v) is 4.80. The van der Waals surface area contributed by atoms with Crippen LogP contribution in [0.25, 0.3) is 0 Å². The Morgan fingerprint density at radius 2 is 1.67 bits per heavy atom. The summed E-state index contributed by atoms with van der Waals surface area (Å²) in [6.07, 6.45) is 0. The van der Waals surface area contributed by atoms with Crippen molar-refractivity contribution < 1.29 is 27.5 Å². The van der Waals surface area contributed by atoms with Crippen molar-refractivity contribution in [3.8, 4) is 11.5 Å². The van der Waals surface area contributed by atoms with Gasteiger partial charge in [0.05, 0.1) is 11.4 Å². The Bertz CT molecular complexity index is 1180. The fourth-order valence-electron chi connectivity index (χ4n) is 3.74. The zero-order valence-corrected chi connectivity index (χ0v) is 22.3. The van der Waals surface area contributed by atoms with Gasteiger partial charge < -0.3 is 19.7 Å². The van der Waals surface area contributed by atoms with E-state index in [4.69, 9.17) is 9.47 Å². The maximum absolute atomic E-state index is 13.7. The van der Waals surface area contributed by atoms with Gasteiger partial charge in [-0.25, -0.2) is 8.42 Å². The molecule has 196 valence electrons. The number of amides is 2. The minimum absolute atomic E-state index is 0.152. The van der Waals surface area contributed by atoms with Crippen LogP contribution in [0.5, 0.6) is 11.5 Å². The van der Waals surface area contributed by atoms with Crippen molar-refractivity contribution in [2.75, 3.05) is 29.8 Å². The van der Waals surface area contributed by atoms with E-state index < -0.39 is 34.1 Å². The molecule has 0 radical (unpaired) electrons. The van der Waals surface area contributed by atoms with Gasteiger partial charge in [-0.1, -0.05) is 30.3 Å². The van der Waals surface area contributed by atoms with Crippen LogP contribution in [0.1, 0.15) is 40.2 Å². The van der Waals surface area contributed by atoms with Crippen LogP contribution in [0.2, 0.25) is 0 Å². The first-order chi connectivity index (χ1) is 16.9. The molecule has 0 aliphatic carbocycles. The Labute approximate surface area is 213 Å². The number of benzene rings is 2. The number of carbonyl (C=O) groups is 2. The van der Waals surface area contributed by atoms with Crippen molar-refractivity contribution in [1.29, 1.82) is 0 Å². The lowest BCUT2D eigenvalue weighted by molar-refractivity contribution is -0.140. The third-order valence-corrected chi connectivity index (χ3v) is 7.40. The molecular weight excluding hydrogens is 482 g/mol. The fraction of sp³-hybridized carbons (Fsp3) is 0.462. The Morgan fingerprint density at radius 3 is 2.28 bits per heavy atom. The van der Waals surface area contributed by atoms with Crippen LogP contribution in [-0.4, -0.2) is 62.2 Å². The van der Waals surface area contributed by atoms with Gasteiger partial charge in [-0.2, -0.15) is 0 Å². The molecule has 0 aromatic heterocycles. The van der Waals surface area contributed by atoms with Crippen molar-refractivity contribution in [2.45, 2.75) is 52.7 Å². The quantitative estimate of drug-likeness (QED) is 0.548. The average Bonchev–Trinajstić information content (AvgIpc) is 2.84. The lowest BCUT2D eigenvalue weighted by Crippen LogP contribution is -2.54. The van der Waals surface area contributed by atoms with Crippen molar-refractivity contribution in [1.82, 2.24) is 10.2 Å². The van der Waals surface area contributed by atoms with Crippen molar-refractivity contribution in [2.24, 2.45) is 0 Å². The lowest BCUT2D eigenvalue weighted by atomic mass is 10.1. The van der Waals surface area contributed by atoms with E-state index in [0.717, 1.165) is 9.87 Å². The topological polar surface area (TPSA) is 105 Å². The van der Waals surface area contributed by atoms with Crippen LogP contribution >= 0.6 is 0 Å². The second kappa shape index (κ2) is 11.2. The lowest BCUT2D eigenvalue weighted by Gasteiger charge is -2.33. The molecular formula is C26H35N3O6S. The van der Waals surface area contributed by atoms with Crippen LogP contribution in [0.4, 0.5) is 5.69 Å². The summed E-state index contributed by atoms with van der Waals surface area (Å²) in [5.74, 6) is -0.0868. The number of sulfonamides is 1. The summed E-state index contributed by atoms with van der Waals surface area (Å²) < 4.78 is 38.4. The number of hydrogen-bond donors (Lipinski definition) is 1. The number of carbonyl (C=O) groups excluding carboxylic acids is 2. The molecule has 9 nitrogen and oxygen atoms in total. The van der Waals surface area contributed by atoms with E-state index in [9.17, 15) is 18.0 Å². The number of nitrogens with one attached hydrogen (secondary N) is 1. The van der Waals surface area contributed by atoms with Crippen molar-refractivity contribution in [3.63, 3.8) is 0 Å². The molecule has 2 amide bonds. The van der Waals surface area contributed by atoms with Gasteiger partial charge in [0, 0.05) is 18.2 Å². The molecule has 36 heavy (non-hydrogen) atoms. The molecule has 0 unspecified atom stereocenters. The molecule has 0 spiro atoms. The van der Waals surface area contributed by atoms with Crippen LogP contribution in [0.3, 0.4) is 0 Å². The maximum atomic E-state index is 13.7. The highest BCUT2D eigenvalue weighted by molar-refractivity contribution is 7.92. The van der Waals surface area contributed by atoms with E-state index in [1.807, 2.05) is 51.1 Å². The monoisotopic (exact) mass is 517 g/mol. The van der Waals surface area contributed by atoms with Gasteiger partial charge in [-0.05, 0) is 52.3 Å². The number of nitrogens with zero attached hydrogens (tertiary/aromatic N) is 2. The van der Waals surface area contributed by atoms with Gasteiger partial charge in [0.1, 0.15) is 25.8 Å². The molecule has 1 aliphatic heterocycles. The van der Waals surface area contributed by atoms with Crippen molar-refractivity contribution in [3.05, 3.63) is 54.1 Å². The Balaban J connectivity index is 1.94. The van der Waals surface area contributed by atoms with E-state index in [-0.39, 0.29) is 18.2 Å². The second-order valence-electron chi connectivity index (χ2n) is 9.66. The zero-order chi connectivity index (χ0) is 26.5. The third kappa shape index (κ3) is 6.90. The number of hydrogen-bond acceptors (Lipinski definition) is 6. The van der Waals surface area contributed by atoms with E-state index in [0.29, 0.717) is 30.4 Å². The number of anilines is 1. The van der Waals surface area contributed by atoms with E-state index in [2.05, 4.69) is 5.32 Å². The summed E-state index contributed by atoms with van der Waals surface area (Å²) in [7, 11) is -3.83. The van der Waals surface area contributed by atoms with E-state index in [1.54, 1.807) is 25.1 Å². The van der Waals surface area contributed by atoms with Crippen LogP contribution < -0.4 is 19.1 Å². The maximum Gasteiger partial charge on any atom is 0.244 e. The van der Waals surface area contributed by atoms with Gasteiger partial charge in [0.2, 0.25) is 21.8 Å². The van der Waals surface area contributed by atoms with Crippen LogP contribution in [-0.2, 0) is 26.2 Å². The summed E-state index contributed by atoms with van der Waals surface area (Å²) in [5.41, 5.74) is 0.627. The normalized spacial score (nSPS) is 14.0. The molecule has 0 saturated carbocycles. The minimum Gasteiger partial charge on any atom is -0.486 e. The molecule has 1 atom stereocenters. The van der Waals surface area contributed by atoms with Gasteiger partial charge >= 0.3 is 0 Å². The smallest absolute Gasteiger partial charge is 0.244 e. The molecule has 3 rings (SSSR count). The first-order valence-electron chi connectivity index (χ1n) is 12.0. The molecule has 10 heteroatoms. The Hall–Kier alpha value is -3.27. The minimum atomic E-state index is -3.83. The van der Waals surface area contributed by atoms with Gasteiger partial charge in [-0.15, -0.1) is 0 Å². The van der Waals surface area contributed by atoms with Gasteiger partial charge in [-0.3, -0.25) is 13.9 Å². The van der Waals surface area contributed by atoms with Crippen molar-refractivity contribution >= 4 is 27.5 Å². The van der Waals surface area contributed by atoms with Gasteiger partial charge in [0.25, 0.3) is 0 Å². The molecule has 1 aliphatic rings. The Morgan fingerprint density at radius 1 is 1.03 bits per heavy atom. The standard InChI is InChI=1S/C26H35N3O6S/c1-6-36(32,33)29(21-12-13-22-23(16-21)35-15-14-34-22)18-24(30)28(17-20-10-8-7-9-11-20)19(2)25(31)27-26(3,4)5/h7-13,16,19H,6,14-15,17-18H2,1-5H3,(H,27,31)/t19-/m0/s1. The van der Waals surface area contributed by atoms with E-state index >= 15 is 0 Å². The molecule has 2 aromatic carbocycles. The van der Waals surface area contributed by atoms with Gasteiger partial charge in [0.15, 0.2) is 11.5 Å². The average molecular weight is 518 g/mol. The number of ether oxygens (including phenoxy) is 2. The highest BCUT2D eigenvalue weighted by atomic mass is 32.2. The highest BCUT2D eigenvalue weighted by Crippen LogP contribution is 2.35. The second-order valence-corrected chi connectivity index (χ2v) is 11.8. The molecule has 2 aromatic rings. The highest BCUT2D eigenvalue weighted by Gasteiger charge is 2.32. The van der Waals surface area contributed by atoms with E-state index in [1.165, 1.54) is 11.8 Å². The molecule has 1 N–H and O–H groups in total. The predicted octanol–water partition coefficient (Wildman–Crippen LogP) is 2.95. The summed E-state index contributed by atoms with van der Waals surface area (Å²) in [6, 6.07) is 13.2. The number of rotatable bonds is 9.